The first-order valence-electron chi connectivity index (χ1n) is 13.1. The van der Waals surface area contributed by atoms with Crippen molar-refractivity contribution < 1.29 is 23.5 Å². The van der Waals surface area contributed by atoms with Crippen LogP contribution in [0.1, 0.15) is 60.0 Å². The first-order chi connectivity index (χ1) is 18.0. The van der Waals surface area contributed by atoms with Gasteiger partial charge in [0.05, 0.1) is 6.61 Å². The van der Waals surface area contributed by atoms with Gasteiger partial charge in [-0.2, -0.15) is 0 Å². The second kappa shape index (κ2) is 9.66. The van der Waals surface area contributed by atoms with Gasteiger partial charge >= 0.3 is 6.09 Å². The van der Waals surface area contributed by atoms with E-state index in [9.17, 15) is 14.0 Å². The van der Waals surface area contributed by atoms with Gasteiger partial charge in [-0.25, -0.2) is 9.18 Å². The molecule has 2 fully saturated rings. The predicted molar refractivity (Wildman–Crippen MR) is 138 cm³/mol. The smallest absolute Gasteiger partial charge is 0.410 e. The summed E-state index contributed by atoms with van der Waals surface area (Å²) in [5.41, 5.74) is 5.10. The number of ketones is 1. The fraction of sp³-hybridized carbons (Fsp3) is 0.355. The van der Waals surface area contributed by atoms with E-state index >= 15 is 0 Å². The number of rotatable bonds is 6. The standard InChI is InChI=1S/C31H30FNO4/c1-2-36-24-16-19(13-21(32)17-24)30(34)20-14-22-11-12-23(15-20)33(22)31(35)37-18-29-27-9-5-3-7-25(27)26-8-4-6-10-28(26)29/h3-10,13,16-17,20,22-23,29H,2,11-12,14-15,18H2,1H3. The highest BCUT2D eigenvalue weighted by Gasteiger charge is 2.46. The van der Waals surface area contributed by atoms with Crippen molar-refractivity contribution in [3.05, 3.63) is 89.2 Å². The van der Waals surface area contributed by atoms with Gasteiger partial charge in [-0.15, -0.1) is 0 Å². The molecule has 0 N–H and O–H groups in total. The van der Waals surface area contributed by atoms with Crippen LogP contribution in [0.2, 0.25) is 0 Å². The third-order valence-electron chi connectivity index (χ3n) is 8.12. The highest BCUT2D eigenvalue weighted by atomic mass is 19.1. The monoisotopic (exact) mass is 499 g/mol. The zero-order valence-corrected chi connectivity index (χ0v) is 20.9. The van der Waals surface area contributed by atoms with Gasteiger partial charge in [-0.05, 0) is 67.0 Å². The molecule has 0 saturated carbocycles. The SMILES string of the molecule is CCOc1cc(F)cc(C(=O)C2CC3CCC(C2)N3C(=O)OCC2c3ccccc3-c3ccccc32)c1. The van der Waals surface area contributed by atoms with Gasteiger partial charge in [0.2, 0.25) is 0 Å². The number of hydrogen-bond acceptors (Lipinski definition) is 4. The maximum absolute atomic E-state index is 14.1. The topological polar surface area (TPSA) is 55.8 Å². The van der Waals surface area contributed by atoms with E-state index in [-0.39, 0.29) is 42.4 Å². The number of ether oxygens (including phenoxy) is 2. The zero-order chi connectivity index (χ0) is 25.5. The minimum atomic E-state index is -0.478. The van der Waals surface area contributed by atoms with Crippen molar-refractivity contribution in [2.24, 2.45) is 5.92 Å². The first-order valence-corrected chi connectivity index (χ1v) is 13.1. The van der Waals surface area contributed by atoms with E-state index in [1.54, 1.807) is 6.07 Å². The predicted octanol–water partition coefficient (Wildman–Crippen LogP) is 6.60. The van der Waals surface area contributed by atoms with Crippen molar-refractivity contribution in [3.63, 3.8) is 0 Å². The Bertz CT molecular complexity index is 1300. The molecule has 0 radical (unpaired) electrons. The van der Waals surface area contributed by atoms with Crippen LogP contribution in [0.25, 0.3) is 11.1 Å². The van der Waals surface area contributed by atoms with Gasteiger partial charge in [-0.3, -0.25) is 4.79 Å². The van der Waals surface area contributed by atoms with Crippen LogP contribution < -0.4 is 4.74 Å². The molecule has 37 heavy (non-hydrogen) atoms. The molecular weight excluding hydrogens is 469 g/mol. The molecular formula is C31H30FNO4. The summed E-state index contributed by atoms with van der Waals surface area (Å²) < 4.78 is 25.5. The van der Waals surface area contributed by atoms with Crippen LogP contribution in [0.4, 0.5) is 9.18 Å². The number of amides is 1. The molecule has 1 aliphatic carbocycles. The van der Waals surface area contributed by atoms with E-state index in [0.717, 1.165) is 12.8 Å². The molecule has 6 heteroatoms. The maximum Gasteiger partial charge on any atom is 0.410 e. The Morgan fingerprint density at radius 3 is 2.16 bits per heavy atom. The van der Waals surface area contributed by atoms with Crippen LogP contribution in [-0.4, -0.2) is 42.1 Å². The summed E-state index contributed by atoms with van der Waals surface area (Å²) >= 11 is 0. The molecule has 2 atom stereocenters. The van der Waals surface area contributed by atoms with Crippen molar-refractivity contribution in [1.29, 1.82) is 0 Å². The van der Waals surface area contributed by atoms with Gasteiger partial charge in [0.25, 0.3) is 0 Å². The normalized spacial score (nSPS) is 21.9. The summed E-state index contributed by atoms with van der Waals surface area (Å²) in [6.07, 6.45) is 2.54. The van der Waals surface area contributed by atoms with E-state index in [1.165, 1.54) is 34.4 Å². The van der Waals surface area contributed by atoms with Crippen LogP contribution in [0.15, 0.2) is 66.7 Å². The molecule has 3 aliphatic rings. The number of nitrogens with zero attached hydrogens (tertiary/aromatic N) is 1. The van der Waals surface area contributed by atoms with E-state index < -0.39 is 5.82 Å². The zero-order valence-electron chi connectivity index (χ0n) is 20.9. The molecule has 2 heterocycles. The minimum Gasteiger partial charge on any atom is -0.494 e. The second-order valence-corrected chi connectivity index (χ2v) is 10.2. The third-order valence-corrected chi connectivity index (χ3v) is 8.12. The van der Waals surface area contributed by atoms with Crippen LogP contribution in [0.3, 0.4) is 0 Å². The van der Waals surface area contributed by atoms with Gasteiger partial charge in [0, 0.05) is 35.5 Å². The number of carbonyl (C=O) groups excluding carboxylic acids is 2. The van der Waals surface area contributed by atoms with Gasteiger partial charge in [-0.1, -0.05) is 48.5 Å². The average Bonchev–Trinajstić information content (AvgIpc) is 3.37. The fourth-order valence-electron chi connectivity index (χ4n) is 6.55. The summed E-state index contributed by atoms with van der Waals surface area (Å²) in [5, 5.41) is 0. The molecule has 0 spiro atoms. The highest BCUT2D eigenvalue weighted by molar-refractivity contribution is 5.98. The molecule has 2 saturated heterocycles. The van der Waals surface area contributed by atoms with Crippen LogP contribution in [0.5, 0.6) is 5.75 Å². The Morgan fingerprint density at radius 2 is 1.54 bits per heavy atom. The van der Waals surface area contributed by atoms with Gasteiger partial charge < -0.3 is 14.4 Å². The lowest BCUT2D eigenvalue weighted by molar-refractivity contribution is 0.0506. The van der Waals surface area contributed by atoms with E-state index in [0.29, 0.717) is 30.8 Å². The molecule has 2 unspecified atom stereocenters. The number of Topliss-reactive ketones (excluding diaryl/α,β-unsaturated/α-hetero) is 1. The van der Waals surface area contributed by atoms with Crippen molar-refractivity contribution in [2.75, 3.05) is 13.2 Å². The molecule has 6 rings (SSSR count). The number of benzene rings is 3. The summed E-state index contributed by atoms with van der Waals surface area (Å²) in [6.45, 7) is 2.51. The quantitative estimate of drug-likeness (QED) is 0.359. The second-order valence-electron chi connectivity index (χ2n) is 10.2. The van der Waals surface area contributed by atoms with E-state index in [2.05, 4.69) is 24.3 Å². The molecule has 2 bridgehead atoms. The highest BCUT2D eigenvalue weighted by Crippen LogP contribution is 2.45. The summed E-state index contributed by atoms with van der Waals surface area (Å²) in [7, 11) is 0. The van der Waals surface area contributed by atoms with E-state index in [4.69, 9.17) is 9.47 Å². The maximum atomic E-state index is 14.1. The van der Waals surface area contributed by atoms with Crippen LogP contribution in [-0.2, 0) is 4.74 Å². The van der Waals surface area contributed by atoms with Crippen LogP contribution >= 0.6 is 0 Å². The Kier molecular flexibility index (Phi) is 6.19. The van der Waals surface area contributed by atoms with Gasteiger partial charge in [0.1, 0.15) is 18.2 Å². The number of halogens is 1. The Hall–Kier alpha value is -3.67. The van der Waals surface area contributed by atoms with Crippen LogP contribution in [0, 0.1) is 11.7 Å². The lowest BCUT2D eigenvalue weighted by Gasteiger charge is -2.37. The lowest BCUT2D eigenvalue weighted by Crippen LogP contribution is -2.48. The molecule has 1 amide bonds. The summed E-state index contributed by atoms with van der Waals surface area (Å²) in [4.78, 5) is 28.4. The summed E-state index contributed by atoms with van der Waals surface area (Å²) in [5.74, 6) is -0.421. The average molecular weight is 500 g/mol. The Morgan fingerprint density at radius 1 is 0.919 bits per heavy atom. The molecule has 0 aromatic heterocycles. The first kappa shape index (κ1) is 23.7. The summed E-state index contributed by atoms with van der Waals surface area (Å²) in [6, 6.07) is 20.7. The third kappa shape index (κ3) is 4.28. The van der Waals surface area contributed by atoms with Crippen molar-refractivity contribution in [3.8, 4) is 16.9 Å². The molecule has 3 aromatic carbocycles. The van der Waals surface area contributed by atoms with E-state index in [1.807, 2.05) is 36.1 Å². The number of carbonyl (C=O) groups is 2. The van der Waals surface area contributed by atoms with Gasteiger partial charge in [0.15, 0.2) is 5.78 Å². The Labute approximate surface area is 216 Å². The number of hydrogen-bond donors (Lipinski definition) is 0. The molecule has 2 aliphatic heterocycles. The Balaban J connectivity index is 1.14. The lowest BCUT2D eigenvalue weighted by atomic mass is 9.85. The van der Waals surface area contributed by atoms with Crippen molar-refractivity contribution in [2.45, 2.75) is 50.6 Å². The number of piperidine rings is 1. The molecule has 3 aromatic rings. The molecule has 190 valence electrons. The number of fused-ring (bicyclic) bond motifs is 5. The molecule has 5 nitrogen and oxygen atoms in total. The minimum absolute atomic E-state index is 0.0145. The largest absolute Gasteiger partial charge is 0.494 e. The van der Waals surface area contributed by atoms with Crippen molar-refractivity contribution >= 4 is 11.9 Å². The fourth-order valence-corrected chi connectivity index (χ4v) is 6.55. The van der Waals surface area contributed by atoms with Crippen molar-refractivity contribution in [1.82, 2.24) is 4.90 Å².